The van der Waals surface area contributed by atoms with Gasteiger partial charge in [-0.3, -0.25) is 4.79 Å². The molecule has 1 unspecified atom stereocenters. The number of nitrogens with zero attached hydrogens (tertiary/aromatic N) is 1. The number of hydrogen-bond donors (Lipinski definition) is 0. The third-order valence-corrected chi connectivity index (χ3v) is 2.49. The Balaban J connectivity index is 2.46. The van der Waals surface area contributed by atoms with Crippen LogP contribution < -0.4 is 0 Å². The lowest BCUT2D eigenvalue weighted by atomic mass is 10.1. The molecule has 12 heavy (non-hydrogen) atoms. The summed E-state index contributed by atoms with van der Waals surface area (Å²) in [5.74, 6) is 0.826. The fourth-order valence-corrected chi connectivity index (χ4v) is 1.79. The average molecular weight is 232 g/mol. The van der Waals surface area contributed by atoms with Gasteiger partial charge in [-0.1, -0.05) is 35.9 Å². The standard InChI is InChI=1S/C9H14BrNO/c1-3-8-4-9(12)11(6-8)5-7(2)10/h8H,2-6H2,1H3. The van der Waals surface area contributed by atoms with Crippen LogP contribution >= 0.6 is 15.9 Å². The molecule has 0 radical (unpaired) electrons. The highest BCUT2D eigenvalue weighted by Gasteiger charge is 2.27. The van der Waals surface area contributed by atoms with Crippen molar-refractivity contribution in [3.05, 3.63) is 11.1 Å². The van der Waals surface area contributed by atoms with Crippen LogP contribution in [0.1, 0.15) is 19.8 Å². The highest BCUT2D eigenvalue weighted by molar-refractivity contribution is 9.11. The molecule has 68 valence electrons. The first-order valence-electron chi connectivity index (χ1n) is 4.24. The van der Waals surface area contributed by atoms with Crippen molar-refractivity contribution in [1.82, 2.24) is 4.90 Å². The van der Waals surface area contributed by atoms with Gasteiger partial charge in [0, 0.05) is 17.4 Å². The van der Waals surface area contributed by atoms with Crippen molar-refractivity contribution < 1.29 is 4.79 Å². The van der Waals surface area contributed by atoms with Crippen LogP contribution in [0.15, 0.2) is 11.1 Å². The first kappa shape index (κ1) is 9.78. The lowest BCUT2D eigenvalue weighted by Crippen LogP contribution is -2.26. The summed E-state index contributed by atoms with van der Waals surface area (Å²) in [6, 6.07) is 0. The van der Waals surface area contributed by atoms with E-state index in [1.54, 1.807) is 0 Å². The van der Waals surface area contributed by atoms with Crippen LogP contribution in [0, 0.1) is 5.92 Å². The molecule has 1 aliphatic heterocycles. The third-order valence-electron chi connectivity index (χ3n) is 2.23. The van der Waals surface area contributed by atoms with E-state index < -0.39 is 0 Å². The Bertz CT molecular complexity index is 203. The van der Waals surface area contributed by atoms with Crippen LogP contribution in [0.25, 0.3) is 0 Å². The van der Waals surface area contributed by atoms with Gasteiger partial charge in [-0.25, -0.2) is 0 Å². The zero-order chi connectivity index (χ0) is 9.14. The quantitative estimate of drug-likeness (QED) is 0.730. The monoisotopic (exact) mass is 231 g/mol. The van der Waals surface area contributed by atoms with E-state index in [2.05, 4.69) is 29.4 Å². The van der Waals surface area contributed by atoms with Gasteiger partial charge < -0.3 is 4.90 Å². The Hall–Kier alpha value is -0.310. The molecular weight excluding hydrogens is 218 g/mol. The Morgan fingerprint density at radius 2 is 2.50 bits per heavy atom. The first-order chi connectivity index (χ1) is 5.63. The van der Waals surface area contributed by atoms with Gasteiger partial charge in [-0.15, -0.1) is 0 Å². The molecule has 2 nitrogen and oxygen atoms in total. The van der Waals surface area contributed by atoms with E-state index in [4.69, 9.17) is 0 Å². The molecular formula is C9H14BrNO. The van der Waals surface area contributed by atoms with Crippen molar-refractivity contribution in [2.75, 3.05) is 13.1 Å². The van der Waals surface area contributed by atoms with Crippen LogP contribution in [-0.2, 0) is 4.79 Å². The summed E-state index contributed by atoms with van der Waals surface area (Å²) < 4.78 is 0.882. The van der Waals surface area contributed by atoms with Gasteiger partial charge in [0.1, 0.15) is 0 Å². The van der Waals surface area contributed by atoms with Gasteiger partial charge in [-0.05, 0) is 5.92 Å². The second-order valence-corrected chi connectivity index (χ2v) is 4.39. The average Bonchev–Trinajstić information content (AvgIpc) is 2.31. The van der Waals surface area contributed by atoms with Crippen LogP contribution in [0.4, 0.5) is 0 Å². The molecule has 0 N–H and O–H groups in total. The molecule has 1 aliphatic rings. The van der Waals surface area contributed by atoms with Gasteiger partial charge in [-0.2, -0.15) is 0 Å². The zero-order valence-electron chi connectivity index (χ0n) is 7.35. The molecule has 1 saturated heterocycles. The molecule has 3 heteroatoms. The maximum atomic E-state index is 11.3. The predicted octanol–water partition coefficient (Wildman–Crippen LogP) is 2.15. The number of carbonyl (C=O) groups excluding carboxylic acids is 1. The van der Waals surface area contributed by atoms with Crippen molar-refractivity contribution in [3.63, 3.8) is 0 Å². The van der Waals surface area contributed by atoms with Crippen molar-refractivity contribution in [2.24, 2.45) is 5.92 Å². The first-order valence-corrected chi connectivity index (χ1v) is 5.03. The predicted molar refractivity (Wildman–Crippen MR) is 53.0 cm³/mol. The van der Waals surface area contributed by atoms with Crippen LogP contribution in [0.2, 0.25) is 0 Å². The molecule has 1 heterocycles. The molecule has 0 saturated carbocycles. The molecule has 0 aromatic carbocycles. The number of carbonyl (C=O) groups is 1. The Kier molecular flexibility index (Phi) is 3.32. The minimum Gasteiger partial charge on any atom is -0.338 e. The highest BCUT2D eigenvalue weighted by Crippen LogP contribution is 2.21. The lowest BCUT2D eigenvalue weighted by molar-refractivity contribution is -0.127. The topological polar surface area (TPSA) is 20.3 Å². The zero-order valence-corrected chi connectivity index (χ0v) is 8.93. The minimum atomic E-state index is 0.266. The van der Waals surface area contributed by atoms with Gasteiger partial charge in [0.2, 0.25) is 5.91 Å². The van der Waals surface area contributed by atoms with E-state index >= 15 is 0 Å². The number of halogens is 1. The molecule has 0 aliphatic carbocycles. The van der Waals surface area contributed by atoms with Gasteiger partial charge in [0.25, 0.3) is 0 Å². The van der Waals surface area contributed by atoms with Crippen molar-refractivity contribution in [2.45, 2.75) is 19.8 Å². The van der Waals surface area contributed by atoms with E-state index in [0.717, 1.165) is 23.9 Å². The fourth-order valence-electron chi connectivity index (χ4n) is 1.49. The second kappa shape index (κ2) is 4.08. The van der Waals surface area contributed by atoms with Gasteiger partial charge in [0.15, 0.2) is 0 Å². The van der Waals surface area contributed by atoms with E-state index in [0.29, 0.717) is 12.5 Å². The Morgan fingerprint density at radius 3 is 2.92 bits per heavy atom. The minimum absolute atomic E-state index is 0.266. The normalized spacial score (nSPS) is 23.3. The second-order valence-electron chi connectivity index (χ2n) is 3.27. The van der Waals surface area contributed by atoms with E-state index in [-0.39, 0.29) is 5.91 Å². The largest absolute Gasteiger partial charge is 0.338 e. The Labute approximate surface area is 81.8 Å². The molecule has 1 amide bonds. The van der Waals surface area contributed by atoms with Crippen LogP contribution in [-0.4, -0.2) is 23.9 Å². The summed E-state index contributed by atoms with van der Waals surface area (Å²) in [5.41, 5.74) is 0. The van der Waals surface area contributed by atoms with E-state index in [9.17, 15) is 4.79 Å². The van der Waals surface area contributed by atoms with Crippen LogP contribution in [0.5, 0.6) is 0 Å². The summed E-state index contributed by atoms with van der Waals surface area (Å²) in [4.78, 5) is 13.2. The molecule has 0 spiro atoms. The number of rotatable bonds is 3. The van der Waals surface area contributed by atoms with E-state index in [1.165, 1.54) is 0 Å². The molecule has 0 aromatic rings. The van der Waals surface area contributed by atoms with Crippen molar-refractivity contribution >= 4 is 21.8 Å². The number of amides is 1. The van der Waals surface area contributed by atoms with Crippen molar-refractivity contribution in [1.29, 1.82) is 0 Å². The van der Waals surface area contributed by atoms with E-state index in [1.807, 2.05) is 4.90 Å². The molecule has 1 fully saturated rings. The maximum absolute atomic E-state index is 11.3. The summed E-state index contributed by atoms with van der Waals surface area (Å²) in [5, 5.41) is 0. The van der Waals surface area contributed by atoms with Crippen LogP contribution in [0.3, 0.4) is 0 Å². The number of likely N-dealkylation sites (tertiary alicyclic amines) is 1. The molecule has 1 rings (SSSR count). The summed E-state index contributed by atoms with van der Waals surface area (Å²) in [6.07, 6.45) is 1.81. The van der Waals surface area contributed by atoms with Gasteiger partial charge in [0.05, 0.1) is 6.54 Å². The van der Waals surface area contributed by atoms with Crippen molar-refractivity contribution in [3.8, 4) is 0 Å². The number of hydrogen-bond acceptors (Lipinski definition) is 1. The molecule has 1 atom stereocenters. The SMILES string of the molecule is C=C(Br)CN1CC(CC)CC1=O. The Morgan fingerprint density at radius 1 is 1.83 bits per heavy atom. The summed E-state index contributed by atoms with van der Waals surface area (Å²) in [6.45, 7) is 7.42. The highest BCUT2D eigenvalue weighted by atomic mass is 79.9. The smallest absolute Gasteiger partial charge is 0.223 e. The van der Waals surface area contributed by atoms with Gasteiger partial charge >= 0.3 is 0 Å². The lowest BCUT2D eigenvalue weighted by Gasteiger charge is -2.14. The summed E-state index contributed by atoms with van der Waals surface area (Å²) >= 11 is 3.27. The third kappa shape index (κ3) is 2.34. The maximum Gasteiger partial charge on any atom is 0.223 e. The fraction of sp³-hybridized carbons (Fsp3) is 0.667. The summed E-state index contributed by atoms with van der Waals surface area (Å²) in [7, 11) is 0. The molecule has 0 aromatic heterocycles. The molecule has 0 bridgehead atoms.